The van der Waals surface area contributed by atoms with Crippen LogP contribution >= 0.6 is 45.7 Å². The van der Waals surface area contributed by atoms with E-state index in [2.05, 4.69) is 37.5 Å². The zero-order chi connectivity index (χ0) is 12.4. The van der Waals surface area contributed by atoms with Crippen LogP contribution in [0.5, 0.6) is 0 Å². The van der Waals surface area contributed by atoms with Crippen LogP contribution in [0, 0.1) is 10.5 Å². The summed E-state index contributed by atoms with van der Waals surface area (Å²) in [5.74, 6) is -0.949. The highest BCUT2D eigenvalue weighted by atomic mass is 127. The highest BCUT2D eigenvalue weighted by Crippen LogP contribution is 2.30. The highest BCUT2D eigenvalue weighted by molar-refractivity contribution is 14.1. The van der Waals surface area contributed by atoms with E-state index in [1.807, 2.05) is 0 Å². The van der Waals surface area contributed by atoms with E-state index in [4.69, 9.17) is 5.11 Å². The fourth-order valence-electron chi connectivity index (χ4n) is 1.04. The molecule has 0 aliphatic heterocycles. The molecule has 2 heterocycles. The van der Waals surface area contributed by atoms with Crippen molar-refractivity contribution in [2.45, 2.75) is 16.4 Å². The monoisotopic (exact) mass is 379 g/mol. The first-order valence-electron chi connectivity index (χ1n) is 4.42. The molecule has 0 bridgehead atoms. The molecule has 2 rings (SSSR count). The maximum Gasteiger partial charge on any atom is 0.347 e. The third kappa shape index (κ3) is 3.13. The number of halogens is 1. The number of hydrogen-bond donors (Lipinski definition) is 1. The molecular formula is C9H6IN3O2S2. The molecule has 0 fully saturated rings. The predicted molar refractivity (Wildman–Crippen MR) is 72.7 cm³/mol. The molecular weight excluding hydrogens is 373 g/mol. The van der Waals surface area contributed by atoms with E-state index >= 15 is 0 Å². The van der Waals surface area contributed by atoms with Crippen LogP contribution in [0.3, 0.4) is 0 Å². The van der Waals surface area contributed by atoms with Crippen molar-refractivity contribution in [2.75, 3.05) is 0 Å². The van der Waals surface area contributed by atoms with Crippen LogP contribution in [0.25, 0.3) is 0 Å². The van der Waals surface area contributed by atoms with Gasteiger partial charge in [-0.05, 0) is 41.3 Å². The first-order valence-corrected chi connectivity index (χ1v) is 7.13. The summed E-state index contributed by atoms with van der Waals surface area (Å²) < 4.78 is 1.59. The van der Waals surface area contributed by atoms with Crippen molar-refractivity contribution >= 4 is 51.7 Å². The van der Waals surface area contributed by atoms with Crippen molar-refractivity contribution < 1.29 is 9.90 Å². The minimum Gasteiger partial charge on any atom is -0.477 e. The van der Waals surface area contributed by atoms with E-state index < -0.39 is 5.97 Å². The standard InChI is InChI=1S/C9H6IN3O2S2/c1-4-6(7(14)15)16-9(13-4)17-8-11-2-5(10)3-12-8/h2-3H,1H3,(H,14,15). The summed E-state index contributed by atoms with van der Waals surface area (Å²) in [4.78, 5) is 23.5. The first-order chi connectivity index (χ1) is 8.06. The summed E-state index contributed by atoms with van der Waals surface area (Å²) in [6.45, 7) is 1.68. The molecule has 17 heavy (non-hydrogen) atoms. The smallest absolute Gasteiger partial charge is 0.347 e. The van der Waals surface area contributed by atoms with Crippen LogP contribution in [0.1, 0.15) is 15.4 Å². The van der Waals surface area contributed by atoms with Gasteiger partial charge >= 0.3 is 5.97 Å². The topological polar surface area (TPSA) is 76.0 Å². The van der Waals surface area contributed by atoms with Crippen molar-refractivity contribution in [1.82, 2.24) is 15.0 Å². The lowest BCUT2D eigenvalue weighted by molar-refractivity contribution is 0.0701. The molecule has 0 saturated carbocycles. The van der Waals surface area contributed by atoms with E-state index in [0.29, 0.717) is 15.2 Å². The van der Waals surface area contributed by atoms with Gasteiger partial charge < -0.3 is 5.11 Å². The maximum absolute atomic E-state index is 10.9. The van der Waals surface area contributed by atoms with Gasteiger partial charge in [0, 0.05) is 16.0 Å². The second-order valence-corrected chi connectivity index (χ2v) is 6.44. The molecule has 0 aliphatic carbocycles. The van der Waals surface area contributed by atoms with Crippen LogP contribution in [0.4, 0.5) is 0 Å². The number of hydrogen-bond acceptors (Lipinski definition) is 6. The fourth-order valence-corrected chi connectivity index (χ4v) is 3.15. The number of aromatic carboxylic acids is 1. The Morgan fingerprint density at radius 1 is 1.47 bits per heavy atom. The van der Waals surface area contributed by atoms with Crippen LogP contribution in [0.2, 0.25) is 0 Å². The number of aromatic nitrogens is 3. The second kappa shape index (κ2) is 5.27. The lowest BCUT2D eigenvalue weighted by atomic mass is 10.4. The Kier molecular flexibility index (Phi) is 3.94. The quantitative estimate of drug-likeness (QED) is 0.653. The Bertz CT molecular complexity index is 556. The van der Waals surface area contributed by atoms with Gasteiger partial charge in [-0.2, -0.15) is 0 Å². The molecule has 2 aromatic rings. The van der Waals surface area contributed by atoms with Crippen LogP contribution in [0.15, 0.2) is 21.9 Å². The molecule has 88 valence electrons. The highest BCUT2D eigenvalue weighted by Gasteiger charge is 2.15. The van der Waals surface area contributed by atoms with Gasteiger partial charge in [0.2, 0.25) is 0 Å². The Morgan fingerprint density at radius 2 is 2.12 bits per heavy atom. The normalized spacial score (nSPS) is 10.5. The predicted octanol–water partition coefficient (Wildman–Crippen LogP) is 2.70. The molecule has 5 nitrogen and oxygen atoms in total. The summed E-state index contributed by atoms with van der Waals surface area (Å²) in [5, 5.41) is 9.48. The first kappa shape index (κ1) is 12.7. The van der Waals surface area contributed by atoms with E-state index in [0.717, 1.165) is 14.9 Å². The van der Waals surface area contributed by atoms with Gasteiger partial charge in [0.15, 0.2) is 9.50 Å². The average Bonchev–Trinajstić information content (AvgIpc) is 2.63. The minimum absolute atomic E-state index is 0.262. The number of aryl methyl sites for hydroxylation is 1. The van der Waals surface area contributed by atoms with Crippen molar-refractivity contribution in [1.29, 1.82) is 0 Å². The zero-order valence-electron chi connectivity index (χ0n) is 8.55. The summed E-state index contributed by atoms with van der Waals surface area (Å²) in [6, 6.07) is 0. The average molecular weight is 379 g/mol. The summed E-state index contributed by atoms with van der Waals surface area (Å²) in [5.41, 5.74) is 0.524. The molecule has 8 heteroatoms. The van der Waals surface area contributed by atoms with Crippen molar-refractivity contribution in [2.24, 2.45) is 0 Å². The van der Waals surface area contributed by atoms with Gasteiger partial charge in [0.1, 0.15) is 4.88 Å². The number of carboxylic acid groups (broad SMARTS) is 1. The molecule has 0 amide bonds. The lowest BCUT2D eigenvalue weighted by Crippen LogP contribution is -1.94. The van der Waals surface area contributed by atoms with Gasteiger partial charge in [0.05, 0.1) is 5.69 Å². The Labute approximate surface area is 119 Å². The number of thiazole rings is 1. The number of rotatable bonds is 3. The Morgan fingerprint density at radius 3 is 2.65 bits per heavy atom. The lowest BCUT2D eigenvalue weighted by Gasteiger charge is -1.94. The third-order valence-corrected chi connectivity index (χ3v) is 4.40. The van der Waals surface area contributed by atoms with Crippen molar-refractivity contribution in [3.05, 3.63) is 26.5 Å². The van der Waals surface area contributed by atoms with E-state index in [9.17, 15) is 4.79 Å². The van der Waals surface area contributed by atoms with Crippen molar-refractivity contribution in [3.8, 4) is 0 Å². The molecule has 0 saturated heterocycles. The molecule has 0 aliphatic rings. The van der Waals surface area contributed by atoms with Crippen molar-refractivity contribution in [3.63, 3.8) is 0 Å². The van der Waals surface area contributed by atoms with E-state index in [1.54, 1.807) is 19.3 Å². The number of carboxylic acids is 1. The molecule has 1 N–H and O–H groups in total. The minimum atomic E-state index is -0.949. The maximum atomic E-state index is 10.9. The second-order valence-electron chi connectivity index (χ2n) is 2.99. The summed E-state index contributed by atoms with van der Waals surface area (Å²) in [6.07, 6.45) is 3.41. The van der Waals surface area contributed by atoms with Gasteiger partial charge in [-0.1, -0.05) is 11.3 Å². The molecule has 0 radical (unpaired) electrons. The van der Waals surface area contributed by atoms with Gasteiger partial charge in [-0.25, -0.2) is 19.7 Å². The van der Waals surface area contributed by atoms with Crippen LogP contribution < -0.4 is 0 Å². The molecule has 0 atom stereocenters. The molecule has 0 aromatic carbocycles. The molecule has 0 spiro atoms. The zero-order valence-corrected chi connectivity index (χ0v) is 12.3. The van der Waals surface area contributed by atoms with Gasteiger partial charge in [0.25, 0.3) is 0 Å². The Hall–Kier alpha value is -0.740. The SMILES string of the molecule is Cc1nc(Sc2ncc(I)cn2)sc1C(=O)O. The van der Waals surface area contributed by atoms with E-state index in [1.165, 1.54) is 11.8 Å². The Balaban J connectivity index is 2.22. The largest absolute Gasteiger partial charge is 0.477 e. The van der Waals surface area contributed by atoms with Crippen LogP contribution in [-0.2, 0) is 0 Å². The number of carbonyl (C=O) groups is 1. The summed E-state index contributed by atoms with van der Waals surface area (Å²) in [7, 11) is 0. The molecule has 0 unspecified atom stereocenters. The van der Waals surface area contributed by atoms with Crippen LogP contribution in [-0.4, -0.2) is 26.0 Å². The number of nitrogens with zero attached hydrogens (tertiary/aromatic N) is 3. The summed E-state index contributed by atoms with van der Waals surface area (Å²) >= 11 is 4.52. The van der Waals surface area contributed by atoms with Gasteiger partial charge in [-0.3, -0.25) is 0 Å². The fraction of sp³-hybridized carbons (Fsp3) is 0.111. The third-order valence-electron chi connectivity index (χ3n) is 1.75. The van der Waals surface area contributed by atoms with Gasteiger partial charge in [-0.15, -0.1) is 0 Å². The molecule has 2 aromatic heterocycles. The van der Waals surface area contributed by atoms with E-state index in [-0.39, 0.29) is 4.88 Å².